The van der Waals surface area contributed by atoms with Gasteiger partial charge in [0.1, 0.15) is 0 Å². The van der Waals surface area contributed by atoms with E-state index < -0.39 is 0 Å². The molecule has 0 fully saturated rings. The zero-order valence-electron chi connectivity index (χ0n) is 10.7. The highest BCUT2D eigenvalue weighted by molar-refractivity contribution is 9.09. The number of amides is 1. The number of hydrogen-bond acceptors (Lipinski definition) is 2. The number of carbonyl (C=O) groups is 1. The number of alkyl halides is 1. The van der Waals surface area contributed by atoms with Crippen molar-refractivity contribution in [2.45, 2.75) is 17.7 Å². The molecule has 0 bridgehead atoms. The van der Waals surface area contributed by atoms with Gasteiger partial charge in [-0.2, -0.15) is 0 Å². The third-order valence-corrected chi connectivity index (χ3v) is 6.04. The number of hydrogen-bond donors (Lipinski definition) is 1. The summed E-state index contributed by atoms with van der Waals surface area (Å²) in [6.07, 6.45) is 1.95. The van der Waals surface area contributed by atoms with E-state index in [9.17, 15) is 4.79 Å². The molecule has 1 aromatic heterocycles. The molecular weight excluding hydrogens is 358 g/mol. The first-order valence-corrected chi connectivity index (χ1v) is 8.56. The average molecular weight is 371 g/mol. The highest BCUT2D eigenvalue weighted by Gasteiger charge is 2.19. The fourth-order valence-corrected chi connectivity index (χ4v) is 4.17. The molecule has 1 unspecified atom stereocenters. The minimum absolute atomic E-state index is 0.0308. The Morgan fingerprint density at radius 1 is 1.30 bits per heavy atom. The predicted octanol–water partition coefficient (Wildman–Crippen LogP) is 4.56. The normalized spacial score (nSPS) is 16.2. The molecular formula is C15H13BrClNOS. The van der Waals surface area contributed by atoms with Gasteiger partial charge in [-0.05, 0) is 42.2 Å². The summed E-state index contributed by atoms with van der Waals surface area (Å²) in [6, 6.07) is 10.1. The lowest BCUT2D eigenvalue weighted by molar-refractivity contribution is 0.0956. The second-order valence-corrected chi connectivity index (χ2v) is 7.44. The van der Waals surface area contributed by atoms with E-state index in [1.807, 2.05) is 18.2 Å². The van der Waals surface area contributed by atoms with Gasteiger partial charge in [0.2, 0.25) is 0 Å². The Hall–Kier alpha value is -0.840. The van der Waals surface area contributed by atoms with Crippen LogP contribution in [-0.4, -0.2) is 12.5 Å². The van der Waals surface area contributed by atoms with Gasteiger partial charge in [0.15, 0.2) is 0 Å². The SMILES string of the molecule is O=C1NCCCc2ccc(C(Br)c3ccc(Cl)s3)cc21. The minimum Gasteiger partial charge on any atom is -0.352 e. The molecule has 2 nitrogen and oxygen atoms in total. The van der Waals surface area contributed by atoms with Gasteiger partial charge in [0.05, 0.1) is 9.16 Å². The first kappa shape index (κ1) is 14.1. The quantitative estimate of drug-likeness (QED) is 0.771. The molecule has 1 aliphatic rings. The number of carbonyl (C=O) groups excluding carboxylic acids is 1. The van der Waals surface area contributed by atoms with Gasteiger partial charge in [-0.1, -0.05) is 39.7 Å². The van der Waals surface area contributed by atoms with Gasteiger partial charge < -0.3 is 5.32 Å². The molecule has 2 aromatic rings. The van der Waals surface area contributed by atoms with E-state index in [4.69, 9.17) is 11.6 Å². The van der Waals surface area contributed by atoms with Gasteiger partial charge in [0, 0.05) is 17.0 Å². The predicted molar refractivity (Wildman–Crippen MR) is 87.2 cm³/mol. The van der Waals surface area contributed by atoms with Crippen LogP contribution in [0.25, 0.3) is 0 Å². The second-order valence-electron chi connectivity index (χ2n) is 4.78. The first-order valence-electron chi connectivity index (χ1n) is 6.45. The summed E-state index contributed by atoms with van der Waals surface area (Å²) in [6.45, 7) is 0.751. The maximum Gasteiger partial charge on any atom is 0.251 e. The number of benzene rings is 1. The van der Waals surface area contributed by atoms with E-state index in [0.717, 1.165) is 45.3 Å². The van der Waals surface area contributed by atoms with Gasteiger partial charge in [-0.15, -0.1) is 11.3 Å². The van der Waals surface area contributed by atoms with Gasteiger partial charge in [-0.3, -0.25) is 4.79 Å². The van der Waals surface area contributed by atoms with Gasteiger partial charge in [0.25, 0.3) is 5.91 Å². The van der Waals surface area contributed by atoms with E-state index in [2.05, 4.69) is 33.4 Å². The fourth-order valence-electron chi connectivity index (χ4n) is 2.39. The summed E-state index contributed by atoms with van der Waals surface area (Å²) in [4.78, 5) is 13.3. The van der Waals surface area contributed by atoms with Crippen LogP contribution in [0, 0.1) is 0 Å². The Labute approximate surface area is 135 Å². The van der Waals surface area contributed by atoms with Crippen LogP contribution >= 0.6 is 38.9 Å². The van der Waals surface area contributed by atoms with E-state index in [1.54, 1.807) is 11.3 Å². The molecule has 2 heterocycles. The van der Waals surface area contributed by atoms with Crippen LogP contribution in [0.4, 0.5) is 0 Å². The van der Waals surface area contributed by atoms with Crippen molar-refractivity contribution in [3.8, 4) is 0 Å². The van der Waals surface area contributed by atoms with Crippen molar-refractivity contribution in [1.29, 1.82) is 0 Å². The zero-order chi connectivity index (χ0) is 14.1. The number of fused-ring (bicyclic) bond motifs is 1. The summed E-state index contributed by atoms with van der Waals surface area (Å²) in [5, 5.41) is 2.94. The Morgan fingerprint density at radius 3 is 2.90 bits per heavy atom. The largest absolute Gasteiger partial charge is 0.352 e. The lowest BCUT2D eigenvalue weighted by Crippen LogP contribution is -2.22. The molecule has 1 amide bonds. The number of nitrogens with one attached hydrogen (secondary N) is 1. The highest BCUT2D eigenvalue weighted by atomic mass is 79.9. The van der Waals surface area contributed by atoms with Crippen LogP contribution in [-0.2, 0) is 6.42 Å². The Morgan fingerprint density at radius 2 is 2.15 bits per heavy atom. The molecule has 0 spiro atoms. The molecule has 1 N–H and O–H groups in total. The maximum absolute atomic E-state index is 12.1. The molecule has 1 aromatic carbocycles. The fraction of sp³-hybridized carbons (Fsp3) is 0.267. The summed E-state index contributed by atoms with van der Waals surface area (Å²) < 4.78 is 0.775. The van der Waals surface area contributed by atoms with Crippen LogP contribution < -0.4 is 5.32 Å². The second kappa shape index (κ2) is 5.88. The van der Waals surface area contributed by atoms with Crippen LogP contribution in [0.5, 0.6) is 0 Å². The maximum atomic E-state index is 12.1. The topological polar surface area (TPSA) is 29.1 Å². The van der Waals surface area contributed by atoms with Crippen molar-refractivity contribution >= 4 is 44.8 Å². The minimum atomic E-state index is 0.0308. The Balaban J connectivity index is 1.97. The Kier molecular flexibility index (Phi) is 4.15. The van der Waals surface area contributed by atoms with Gasteiger partial charge in [-0.25, -0.2) is 0 Å². The molecule has 0 saturated carbocycles. The third kappa shape index (κ3) is 2.78. The smallest absolute Gasteiger partial charge is 0.251 e. The third-order valence-electron chi connectivity index (χ3n) is 3.42. The van der Waals surface area contributed by atoms with Crippen molar-refractivity contribution in [3.05, 3.63) is 56.2 Å². The summed E-state index contributed by atoms with van der Waals surface area (Å²) >= 11 is 11.2. The van der Waals surface area contributed by atoms with E-state index in [-0.39, 0.29) is 10.7 Å². The number of halogens is 2. The standard InChI is InChI=1S/C15H13BrClNOS/c16-14(12-5-6-13(17)20-12)10-4-3-9-2-1-7-18-15(19)11(9)8-10/h3-6,8,14H,1-2,7H2,(H,18,19). The number of thiophene rings is 1. The lowest BCUT2D eigenvalue weighted by Gasteiger charge is -2.12. The van der Waals surface area contributed by atoms with Crippen LogP contribution in [0.15, 0.2) is 30.3 Å². The lowest BCUT2D eigenvalue weighted by atomic mass is 9.99. The van der Waals surface area contributed by atoms with E-state index >= 15 is 0 Å². The molecule has 0 radical (unpaired) electrons. The van der Waals surface area contributed by atoms with Crippen molar-refractivity contribution in [3.63, 3.8) is 0 Å². The van der Waals surface area contributed by atoms with Crippen molar-refractivity contribution in [2.24, 2.45) is 0 Å². The molecule has 5 heteroatoms. The number of rotatable bonds is 2. The average Bonchev–Trinajstić information content (AvgIpc) is 2.80. The summed E-state index contributed by atoms with van der Waals surface area (Å²) in [7, 11) is 0. The van der Waals surface area contributed by atoms with Crippen LogP contribution in [0.3, 0.4) is 0 Å². The zero-order valence-corrected chi connectivity index (χ0v) is 13.8. The van der Waals surface area contributed by atoms with Crippen LogP contribution in [0.2, 0.25) is 4.34 Å². The van der Waals surface area contributed by atoms with Crippen LogP contribution in [0.1, 0.15) is 37.6 Å². The molecule has 104 valence electrons. The summed E-state index contributed by atoms with van der Waals surface area (Å²) in [5.41, 5.74) is 3.01. The highest BCUT2D eigenvalue weighted by Crippen LogP contribution is 2.37. The van der Waals surface area contributed by atoms with Gasteiger partial charge >= 0.3 is 0 Å². The Bertz CT molecular complexity index is 655. The molecule has 1 atom stereocenters. The van der Waals surface area contributed by atoms with Crippen molar-refractivity contribution < 1.29 is 4.79 Å². The molecule has 3 rings (SSSR count). The molecule has 0 aliphatic carbocycles. The van der Waals surface area contributed by atoms with Crippen molar-refractivity contribution in [2.75, 3.05) is 6.54 Å². The molecule has 1 aliphatic heterocycles. The van der Waals surface area contributed by atoms with E-state index in [0.29, 0.717) is 0 Å². The van der Waals surface area contributed by atoms with Crippen molar-refractivity contribution in [1.82, 2.24) is 5.32 Å². The summed E-state index contributed by atoms with van der Waals surface area (Å²) in [5.74, 6) is 0.0308. The monoisotopic (exact) mass is 369 g/mol. The molecule has 20 heavy (non-hydrogen) atoms. The first-order chi connectivity index (χ1) is 9.65. The molecule has 0 saturated heterocycles. The van der Waals surface area contributed by atoms with E-state index in [1.165, 1.54) is 0 Å². The number of aryl methyl sites for hydroxylation is 1.